The van der Waals surface area contributed by atoms with Crippen LogP contribution in [0.5, 0.6) is 11.5 Å². The number of esters is 1. The first-order chi connectivity index (χ1) is 11.5. The first-order valence-corrected chi connectivity index (χ1v) is 7.97. The van der Waals surface area contributed by atoms with E-state index in [1.54, 1.807) is 6.92 Å². The van der Waals surface area contributed by atoms with Gasteiger partial charge in [-0.15, -0.1) is 0 Å². The average molecular weight is 344 g/mol. The highest BCUT2D eigenvalue weighted by Gasteiger charge is 2.11. The predicted molar refractivity (Wildman–Crippen MR) is 97.0 cm³/mol. The lowest BCUT2D eigenvalue weighted by molar-refractivity contribution is -0.144. The fourth-order valence-electron chi connectivity index (χ4n) is 1.95. The van der Waals surface area contributed by atoms with Crippen molar-refractivity contribution >= 4 is 23.2 Å². The number of rotatable bonds is 8. The molecule has 1 atom stereocenters. The van der Waals surface area contributed by atoms with Crippen molar-refractivity contribution in [3.05, 3.63) is 60.2 Å². The van der Waals surface area contributed by atoms with Crippen LogP contribution in [0.25, 0.3) is 0 Å². The summed E-state index contributed by atoms with van der Waals surface area (Å²) in [5.41, 5.74) is 6.40. The molecular weight excluding hydrogens is 324 g/mol. The Labute approximate surface area is 146 Å². The van der Waals surface area contributed by atoms with Crippen molar-refractivity contribution in [2.45, 2.75) is 19.6 Å². The monoisotopic (exact) mass is 344 g/mol. The Bertz CT molecular complexity index is 692. The van der Waals surface area contributed by atoms with Crippen LogP contribution in [0.3, 0.4) is 0 Å². The Hall–Kier alpha value is -2.44. The highest BCUT2D eigenvalue weighted by Crippen LogP contribution is 2.21. The van der Waals surface area contributed by atoms with Gasteiger partial charge in [0, 0.05) is 6.54 Å². The molecule has 3 N–H and O–H groups in total. The first kappa shape index (κ1) is 17.9. The van der Waals surface area contributed by atoms with Gasteiger partial charge in [-0.3, -0.25) is 4.79 Å². The number of nitrogens with one attached hydrogen (secondary N) is 1. The second kappa shape index (κ2) is 9.00. The van der Waals surface area contributed by atoms with Crippen molar-refractivity contribution in [1.29, 1.82) is 0 Å². The minimum Gasteiger partial charge on any atom is -0.457 e. The summed E-state index contributed by atoms with van der Waals surface area (Å²) in [6.07, 6.45) is -0.558. The van der Waals surface area contributed by atoms with E-state index in [2.05, 4.69) is 5.32 Å². The largest absolute Gasteiger partial charge is 0.457 e. The van der Waals surface area contributed by atoms with Gasteiger partial charge in [0.15, 0.2) is 0 Å². The van der Waals surface area contributed by atoms with Crippen LogP contribution in [0.1, 0.15) is 12.5 Å². The zero-order valence-corrected chi connectivity index (χ0v) is 14.2. The maximum atomic E-state index is 11.6. The third-order valence-corrected chi connectivity index (χ3v) is 3.52. The summed E-state index contributed by atoms with van der Waals surface area (Å²) in [5, 5.41) is 3.02. The summed E-state index contributed by atoms with van der Waals surface area (Å²) in [5.74, 6) is 1.12. The Morgan fingerprint density at radius 1 is 1.17 bits per heavy atom. The summed E-state index contributed by atoms with van der Waals surface area (Å²) < 4.78 is 10.8. The van der Waals surface area contributed by atoms with E-state index in [0.717, 1.165) is 17.1 Å². The highest BCUT2D eigenvalue weighted by atomic mass is 32.1. The van der Waals surface area contributed by atoms with E-state index in [-0.39, 0.29) is 11.5 Å². The SMILES string of the molecule is C[C@H](OC(=O)CNCc1cccc(Oc2ccccc2)c1)C(N)=S. The minimum atomic E-state index is -0.558. The molecule has 0 unspecified atom stereocenters. The van der Waals surface area contributed by atoms with Crippen LogP contribution in [0.2, 0.25) is 0 Å². The van der Waals surface area contributed by atoms with Gasteiger partial charge in [-0.1, -0.05) is 42.5 Å². The number of nitrogens with two attached hydrogens (primary N) is 1. The number of hydrogen-bond donors (Lipinski definition) is 2. The lowest BCUT2D eigenvalue weighted by Crippen LogP contribution is -2.33. The molecule has 0 radical (unpaired) electrons. The lowest BCUT2D eigenvalue weighted by Gasteiger charge is -2.12. The molecule has 6 heteroatoms. The lowest BCUT2D eigenvalue weighted by atomic mass is 10.2. The van der Waals surface area contributed by atoms with Gasteiger partial charge >= 0.3 is 5.97 Å². The molecule has 2 aromatic rings. The van der Waals surface area contributed by atoms with E-state index in [4.69, 9.17) is 27.4 Å². The first-order valence-electron chi connectivity index (χ1n) is 7.56. The molecule has 0 aliphatic rings. The topological polar surface area (TPSA) is 73.6 Å². The number of carbonyl (C=O) groups excluding carboxylic acids is 1. The van der Waals surface area contributed by atoms with Gasteiger partial charge in [-0.2, -0.15) is 0 Å². The van der Waals surface area contributed by atoms with E-state index in [0.29, 0.717) is 6.54 Å². The molecule has 2 rings (SSSR count). The van der Waals surface area contributed by atoms with Crippen LogP contribution in [0.15, 0.2) is 54.6 Å². The highest BCUT2D eigenvalue weighted by molar-refractivity contribution is 7.80. The molecule has 0 aliphatic carbocycles. The fraction of sp³-hybridized carbons (Fsp3) is 0.222. The second-order valence-electron chi connectivity index (χ2n) is 5.20. The molecule has 0 saturated heterocycles. The van der Waals surface area contributed by atoms with Crippen molar-refractivity contribution in [1.82, 2.24) is 5.32 Å². The molecule has 0 fully saturated rings. The molecule has 126 valence electrons. The van der Waals surface area contributed by atoms with Crippen LogP contribution in [-0.2, 0) is 16.1 Å². The third kappa shape index (κ3) is 5.98. The molecule has 0 bridgehead atoms. The zero-order valence-electron chi connectivity index (χ0n) is 13.4. The van der Waals surface area contributed by atoms with Gasteiger partial charge < -0.3 is 20.5 Å². The van der Waals surface area contributed by atoms with Crippen LogP contribution >= 0.6 is 12.2 Å². The van der Waals surface area contributed by atoms with Crippen molar-refractivity contribution in [3.63, 3.8) is 0 Å². The molecule has 0 amide bonds. The smallest absolute Gasteiger partial charge is 0.320 e. The van der Waals surface area contributed by atoms with Crippen LogP contribution < -0.4 is 15.8 Å². The molecule has 0 spiro atoms. The molecule has 2 aromatic carbocycles. The number of hydrogen-bond acceptors (Lipinski definition) is 5. The maximum absolute atomic E-state index is 11.6. The number of thiocarbonyl (C=S) groups is 1. The standard InChI is InChI=1S/C18H20N2O3S/c1-13(18(19)24)22-17(21)12-20-11-14-6-5-9-16(10-14)23-15-7-3-2-4-8-15/h2-10,13,20H,11-12H2,1H3,(H2,19,24)/t13-/m0/s1. The summed E-state index contributed by atoms with van der Waals surface area (Å²) >= 11 is 4.76. The summed E-state index contributed by atoms with van der Waals surface area (Å²) in [6.45, 7) is 2.24. The Morgan fingerprint density at radius 3 is 2.58 bits per heavy atom. The number of benzene rings is 2. The maximum Gasteiger partial charge on any atom is 0.320 e. The van der Waals surface area contributed by atoms with Crippen LogP contribution in [-0.4, -0.2) is 23.6 Å². The Morgan fingerprint density at radius 2 is 1.88 bits per heavy atom. The molecule has 24 heavy (non-hydrogen) atoms. The molecule has 0 aromatic heterocycles. The quantitative estimate of drug-likeness (QED) is 0.567. The zero-order chi connectivity index (χ0) is 17.4. The average Bonchev–Trinajstić information content (AvgIpc) is 2.56. The van der Waals surface area contributed by atoms with E-state index in [1.165, 1.54) is 0 Å². The van der Waals surface area contributed by atoms with E-state index in [1.807, 2.05) is 54.6 Å². The molecule has 0 aliphatic heterocycles. The number of para-hydroxylation sites is 1. The summed E-state index contributed by atoms with van der Waals surface area (Å²) in [7, 11) is 0. The summed E-state index contributed by atoms with van der Waals surface area (Å²) in [6, 6.07) is 17.2. The molecule has 5 nitrogen and oxygen atoms in total. The van der Waals surface area contributed by atoms with Gasteiger partial charge in [-0.05, 0) is 36.8 Å². The number of carbonyl (C=O) groups is 1. The van der Waals surface area contributed by atoms with Crippen molar-refractivity contribution in [2.24, 2.45) is 5.73 Å². The fourth-order valence-corrected chi connectivity index (χ4v) is 2.00. The van der Waals surface area contributed by atoms with Crippen LogP contribution in [0.4, 0.5) is 0 Å². The number of ether oxygens (including phenoxy) is 2. The summed E-state index contributed by atoms with van der Waals surface area (Å²) in [4.78, 5) is 11.8. The molecule has 0 heterocycles. The van der Waals surface area contributed by atoms with E-state index >= 15 is 0 Å². The van der Waals surface area contributed by atoms with Gasteiger partial charge in [0.05, 0.1) is 6.54 Å². The van der Waals surface area contributed by atoms with E-state index in [9.17, 15) is 4.79 Å². The van der Waals surface area contributed by atoms with Crippen LogP contribution in [0, 0.1) is 0 Å². The van der Waals surface area contributed by atoms with E-state index < -0.39 is 12.1 Å². The molecule has 0 saturated carbocycles. The third-order valence-electron chi connectivity index (χ3n) is 3.18. The Balaban J connectivity index is 1.82. The normalized spacial score (nSPS) is 11.5. The van der Waals surface area contributed by atoms with Gasteiger partial charge in [-0.25, -0.2) is 0 Å². The minimum absolute atomic E-state index is 0.0801. The van der Waals surface area contributed by atoms with Gasteiger partial charge in [0.1, 0.15) is 22.6 Å². The Kier molecular flexibility index (Phi) is 6.72. The van der Waals surface area contributed by atoms with Crippen molar-refractivity contribution in [2.75, 3.05) is 6.54 Å². The predicted octanol–water partition coefficient (Wildman–Crippen LogP) is 2.79. The van der Waals surface area contributed by atoms with Crippen molar-refractivity contribution < 1.29 is 14.3 Å². The van der Waals surface area contributed by atoms with Crippen molar-refractivity contribution in [3.8, 4) is 11.5 Å². The second-order valence-corrected chi connectivity index (χ2v) is 5.67. The van der Waals surface area contributed by atoms with Gasteiger partial charge in [0.25, 0.3) is 0 Å². The van der Waals surface area contributed by atoms with Gasteiger partial charge in [0.2, 0.25) is 0 Å². The molecular formula is C18H20N2O3S.